The van der Waals surface area contributed by atoms with Gasteiger partial charge >= 0.3 is 15.6 Å². The summed E-state index contributed by atoms with van der Waals surface area (Å²) in [6, 6.07) is 0. The van der Waals surface area contributed by atoms with Gasteiger partial charge in [0.1, 0.15) is 12.2 Å². The summed E-state index contributed by atoms with van der Waals surface area (Å²) in [5.74, 6) is -1.17. The van der Waals surface area contributed by atoms with E-state index in [9.17, 15) is 38.5 Å². The van der Waals surface area contributed by atoms with Crippen LogP contribution in [-0.4, -0.2) is 117 Å². The minimum absolute atomic E-state index is 0.0517. The minimum Gasteiger partial charge on any atom is -0.383 e. The largest absolute Gasteiger partial charge is 0.469 e. The topological polar surface area (TPSA) is 290 Å². The molecule has 0 radical (unpaired) electrons. The van der Waals surface area contributed by atoms with E-state index >= 15 is 0 Å². The average Bonchev–Trinajstić information content (AvgIpc) is 2.90. The van der Waals surface area contributed by atoms with Gasteiger partial charge < -0.3 is 51.1 Å². The van der Waals surface area contributed by atoms with Crippen LogP contribution in [0.5, 0.6) is 0 Å². The lowest BCUT2D eigenvalue weighted by molar-refractivity contribution is -0.137. The van der Waals surface area contributed by atoms with Crippen molar-refractivity contribution in [2.45, 2.75) is 52.7 Å². The molecule has 0 bridgehead atoms. The summed E-state index contributed by atoms with van der Waals surface area (Å²) in [7, 11) is -6.61. The highest BCUT2D eigenvalue weighted by Crippen LogP contribution is 2.39. The van der Waals surface area contributed by atoms with Crippen molar-refractivity contribution in [1.82, 2.24) is 21.3 Å². The quantitative estimate of drug-likeness (QED) is 0.0331. The van der Waals surface area contributed by atoms with Gasteiger partial charge in [0.15, 0.2) is 0 Å². The van der Waals surface area contributed by atoms with E-state index < -0.39 is 63.7 Å². The Balaban J connectivity index is 3.95. The summed E-state index contributed by atoms with van der Waals surface area (Å²) >= 11 is 0. The highest BCUT2D eigenvalue weighted by molar-refractivity contribution is 8.76. The fourth-order valence-corrected chi connectivity index (χ4v) is 5.73. The van der Waals surface area contributed by atoms with Crippen molar-refractivity contribution in [3.8, 4) is 0 Å². The number of phosphoric ester groups is 2. The van der Waals surface area contributed by atoms with Crippen LogP contribution in [0.4, 0.5) is 0 Å². The molecule has 0 aliphatic heterocycles. The SMILES string of the molecule is CC(C)(COP(=O)(O)O)C(O)C(=O)NCCC(=O)NCCSSCCNC(=O)CCNC(=O)C(O)C(C)(C)COP(=O)(O)O. The average molecular weight is 715 g/mol. The Morgan fingerprint density at radius 3 is 1.25 bits per heavy atom. The van der Waals surface area contributed by atoms with Crippen molar-refractivity contribution in [1.29, 1.82) is 0 Å². The van der Waals surface area contributed by atoms with Crippen molar-refractivity contribution in [3.63, 3.8) is 0 Å². The molecule has 0 heterocycles. The lowest BCUT2D eigenvalue weighted by Crippen LogP contribution is -2.46. The molecule has 10 N–H and O–H groups in total. The zero-order valence-corrected chi connectivity index (χ0v) is 28.3. The van der Waals surface area contributed by atoms with E-state index in [-0.39, 0.29) is 37.7 Å². The van der Waals surface area contributed by atoms with Gasteiger partial charge in [-0.25, -0.2) is 9.13 Å². The molecule has 2 unspecified atom stereocenters. The Labute approximate surface area is 263 Å². The smallest absolute Gasteiger partial charge is 0.383 e. The molecular weight excluding hydrogens is 670 g/mol. The molecule has 0 fully saturated rings. The molecule has 0 aromatic rings. The highest BCUT2D eigenvalue weighted by Gasteiger charge is 2.37. The Hall–Kier alpha value is -1.28. The summed E-state index contributed by atoms with van der Waals surface area (Å²) < 4.78 is 30.4. The van der Waals surface area contributed by atoms with Gasteiger partial charge in [0, 0.05) is 61.4 Å². The molecule has 44 heavy (non-hydrogen) atoms. The summed E-state index contributed by atoms with van der Waals surface area (Å²) in [6.45, 7) is 5.01. The van der Waals surface area contributed by atoms with Crippen molar-refractivity contribution < 1.29 is 67.1 Å². The minimum atomic E-state index is -4.76. The first-order valence-electron chi connectivity index (χ1n) is 13.2. The number of hydrogen-bond acceptors (Lipinski definition) is 12. The fraction of sp³-hybridized carbons (Fsp3) is 0.818. The van der Waals surface area contributed by atoms with Crippen LogP contribution in [0.25, 0.3) is 0 Å². The van der Waals surface area contributed by atoms with Crippen LogP contribution in [0.15, 0.2) is 0 Å². The van der Waals surface area contributed by atoms with E-state index in [1.54, 1.807) is 0 Å². The van der Waals surface area contributed by atoms with Gasteiger partial charge in [-0.1, -0.05) is 49.3 Å². The first-order valence-corrected chi connectivity index (χ1v) is 18.7. The molecular formula is C22H44N4O14P2S2. The van der Waals surface area contributed by atoms with E-state index in [2.05, 4.69) is 30.3 Å². The Morgan fingerprint density at radius 1 is 0.636 bits per heavy atom. The number of carbonyl (C=O) groups is 4. The van der Waals surface area contributed by atoms with Crippen LogP contribution < -0.4 is 21.3 Å². The van der Waals surface area contributed by atoms with Crippen LogP contribution >= 0.6 is 37.2 Å². The molecule has 0 aromatic carbocycles. The van der Waals surface area contributed by atoms with Crippen molar-refractivity contribution in [2.24, 2.45) is 10.8 Å². The molecule has 0 rings (SSSR count). The first kappa shape index (κ1) is 42.7. The molecule has 258 valence electrons. The third-order valence-electron chi connectivity index (χ3n) is 5.59. The number of hydrogen-bond donors (Lipinski definition) is 10. The van der Waals surface area contributed by atoms with Crippen LogP contribution in [0.1, 0.15) is 40.5 Å². The van der Waals surface area contributed by atoms with E-state index in [1.165, 1.54) is 49.3 Å². The van der Waals surface area contributed by atoms with E-state index in [0.717, 1.165) is 0 Å². The van der Waals surface area contributed by atoms with E-state index in [1.807, 2.05) is 0 Å². The molecule has 2 atom stereocenters. The maximum Gasteiger partial charge on any atom is 0.469 e. The number of phosphoric acid groups is 2. The number of amides is 4. The number of nitrogens with one attached hydrogen (secondary N) is 4. The molecule has 18 nitrogen and oxygen atoms in total. The van der Waals surface area contributed by atoms with Gasteiger partial charge in [0.25, 0.3) is 0 Å². The summed E-state index contributed by atoms with van der Waals surface area (Å²) in [6.07, 6.45) is -3.35. The second-order valence-electron chi connectivity index (χ2n) is 10.7. The predicted molar refractivity (Wildman–Crippen MR) is 162 cm³/mol. The summed E-state index contributed by atoms with van der Waals surface area (Å²) in [5.41, 5.74) is -2.58. The highest BCUT2D eigenvalue weighted by atomic mass is 33.1. The normalized spacial score (nSPS) is 14.0. The lowest BCUT2D eigenvalue weighted by Gasteiger charge is -2.29. The van der Waals surface area contributed by atoms with E-state index in [4.69, 9.17) is 19.6 Å². The molecule has 0 aliphatic carbocycles. The Bertz CT molecular complexity index is 960. The number of rotatable bonds is 23. The van der Waals surface area contributed by atoms with Crippen molar-refractivity contribution in [2.75, 3.05) is 50.9 Å². The van der Waals surface area contributed by atoms with Crippen LogP contribution in [0.2, 0.25) is 0 Å². The van der Waals surface area contributed by atoms with Gasteiger partial charge in [-0.05, 0) is 0 Å². The maximum atomic E-state index is 12.1. The van der Waals surface area contributed by atoms with Gasteiger partial charge in [-0.3, -0.25) is 28.2 Å². The molecule has 0 aromatic heterocycles. The van der Waals surface area contributed by atoms with Gasteiger partial charge in [0.05, 0.1) is 13.2 Å². The zero-order chi connectivity index (χ0) is 34.2. The van der Waals surface area contributed by atoms with Gasteiger partial charge in [0.2, 0.25) is 23.6 Å². The van der Waals surface area contributed by atoms with Crippen LogP contribution in [0.3, 0.4) is 0 Å². The third-order valence-corrected chi connectivity index (χ3v) is 8.93. The second kappa shape index (κ2) is 20.1. The number of carbonyl (C=O) groups excluding carboxylic acids is 4. The number of aliphatic hydroxyl groups is 2. The zero-order valence-electron chi connectivity index (χ0n) is 24.9. The van der Waals surface area contributed by atoms with Crippen molar-refractivity contribution in [3.05, 3.63) is 0 Å². The standard InChI is InChI=1S/C22H44N4O14P2S2/c1-21(2,13-39-41(33,34)35)17(29)19(31)25-7-5-15(27)23-9-11-43-44-12-10-24-16(28)6-8-26-20(32)18(30)22(3,4)14-40-42(36,37)38/h17-18,29-30H,5-14H2,1-4H3,(H,23,27)(H,24,28)(H,25,31)(H,26,32)(H2,33,34,35)(H2,36,37,38). The van der Waals surface area contributed by atoms with Gasteiger partial charge in [-0.15, -0.1) is 0 Å². The molecule has 4 amide bonds. The molecule has 22 heteroatoms. The van der Waals surface area contributed by atoms with Crippen molar-refractivity contribution >= 4 is 60.9 Å². The monoisotopic (exact) mass is 714 g/mol. The van der Waals surface area contributed by atoms with E-state index in [0.29, 0.717) is 24.6 Å². The molecule has 0 aliphatic rings. The summed E-state index contributed by atoms with van der Waals surface area (Å²) in [4.78, 5) is 83.1. The Kier molecular flexibility index (Phi) is 19.5. The Morgan fingerprint density at radius 2 is 0.955 bits per heavy atom. The van der Waals surface area contributed by atoms with Crippen LogP contribution in [0, 0.1) is 10.8 Å². The van der Waals surface area contributed by atoms with Crippen LogP contribution in [-0.2, 0) is 37.4 Å². The lowest BCUT2D eigenvalue weighted by atomic mass is 9.87. The predicted octanol–water partition coefficient (Wildman–Crippen LogP) is -1.39. The maximum absolute atomic E-state index is 12.1. The molecule has 0 spiro atoms. The third kappa shape index (κ3) is 20.7. The molecule has 0 saturated carbocycles. The van der Waals surface area contributed by atoms with Gasteiger partial charge in [-0.2, -0.15) is 0 Å². The molecule has 0 saturated heterocycles. The number of aliphatic hydroxyl groups excluding tert-OH is 2. The summed E-state index contributed by atoms with van der Waals surface area (Å²) in [5, 5.41) is 30.3. The fourth-order valence-electron chi connectivity index (χ4n) is 2.92. The second-order valence-corrected chi connectivity index (χ2v) is 15.9. The first-order chi connectivity index (χ1) is 20.1.